The van der Waals surface area contributed by atoms with Gasteiger partial charge in [0.25, 0.3) is 5.91 Å². The number of aliphatic hydroxyl groups is 1. The molecule has 5 nitrogen and oxygen atoms in total. The second kappa shape index (κ2) is 8.47. The molecule has 0 fully saturated rings. The van der Waals surface area contributed by atoms with Crippen LogP contribution in [0, 0.1) is 6.92 Å². The van der Waals surface area contributed by atoms with Gasteiger partial charge in [-0.15, -0.1) is 0 Å². The minimum absolute atomic E-state index is 0.145. The summed E-state index contributed by atoms with van der Waals surface area (Å²) in [6, 6.07) is 14.5. The van der Waals surface area contributed by atoms with E-state index < -0.39 is 6.10 Å². The number of aryl methyl sites for hydroxylation is 1. The molecule has 0 radical (unpaired) electrons. The summed E-state index contributed by atoms with van der Waals surface area (Å²) in [7, 11) is 3.80. The largest absolute Gasteiger partial charge is 0.491 e. The SMILES string of the molecule is Cc1cccc(C(=O)Nc2ccc(OCC(O)CN(C)C)cc2)c1. The van der Waals surface area contributed by atoms with Gasteiger partial charge in [0.1, 0.15) is 18.5 Å². The first kappa shape index (κ1) is 18.0. The Kier molecular flexibility index (Phi) is 6.35. The van der Waals surface area contributed by atoms with Crippen LogP contribution in [0.4, 0.5) is 5.69 Å². The summed E-state index contributed by atoms with van der Waals surface area (Å²) in [5.41, 5.74) is 2.37. The van der Waals surface area contributed by atoms with Crippen LogP contribution in [0.5, 0.6) is 5.75 Å². The quantitative estimate of drug-likeness (QED) is 0.820. The van der Waals surface area contributed by atoms with Crippen molar-refractivity contribution in [1.29, 1.82) is 0 Å². The summed E-state index contributed by atoms with van der Waals surface area (Å²) in [5, 5.41) is 12.6. The average molecular weight is 328 g/mol. The molecule has 1 unspecified atom stereocenters. The van der Waals surface area contributed by atoms with Crippen LogP contribution in [0.2, 0.25) is 0 Å². The number of carbonyl (C=O) groups excluding carboxylic acids is 1. The molecule has 24 heavy (non-hydrogen) atoms. The van der Waals surface area contributed by atoms with Crippen LogP contribution in [0.3, 0.4) is 0 Å². The van der Waals surface area contributed by atoms with Crippen LogP contribution >= 0.6 is 0 Å². The second-order valence-electron chi connectivity index (χ2n) is 6.08. The highest BCUT2D eigenvalue weighted by Crippen LogP contribution is 2.17. The Labute approximate surface area is 142 Å². The number of likely N-dealkylation sites (N-methyl/N-ethyl adjacent to an activating group) is 1. The highest BCUT2D eigenvalue weighted by molar-refractivity contribution is 6.04. The van der Waals surface area contributed by atoms with Crippen LogP contribution in [0.1, 0.15) is 15.9 Å². The number of nitrogens with one attached hydrogen (secondary N) is 1. The number of rotatable bonds is 7. The molecule has 2 aromatic rings. The zero-order valence-electron chi connectivity index (χ0n) is 14.3. The number of carbonyl (C=O) groups is 1. The molecule has 1 amide bonds. The molecule has 128 valence electrons. The van der Waals surface area contributed by atoms with Gasteiger partial charge in [-0.2, -0.15) is 0 Å². The molecule has 2 N–H and O–H groups in total. The molecule has 0 saturated heterocycles. The van der Waals surface area contributed by atoms with Gasteiger partial charge in [0.15, 0.2) is 0 Å². The van der Waals surface area contributed by atoms with E-state index in [9.17, 15) is 9.90 Å². The number of aliphatic hydroxyl groups excluding tert-OH is 1. The molecule has 2 aromatic carbocycles. The van der Waals surface area contributed by atoms with Gasteiger partial charge in [-0.25, -0.2) is 0 Å². The summed E-state index contributed by atoms with van der Waals surface area (Å²) in [6.45, 7) is 2.73. The van der Waals surface area contributed by atoms with Gasteiger partial charge in [0, 0.05) is 17.8 Å². The Bertz CT molecular complexity index is 669. The lowest BCUT2D eigenvalue weighted by molar-refractivity contribution is 0.0831. The van der Waals surface area contributed by atoms with E-state index in [2.05, 4.69) is 5.32 Å². The lowest BCUT2D eigenvalue weighted by Gasteiger charge is -2.16. The minimum atomic E-state index is -0.541. The smallest absolute Gasteiger partial charge is 0.255 e. The number of nitrogens with zero attached hydrogens (tertiary/aromatic N) is 1. The van der Waals surface area contributed by atoms with E-state index in [1.54, 1.807) is 30.3 Å². The Morgan fingerprint density at radius 2 is 1.92 bits per heavy atom. The van der Waals surface area contributed by atoms with Gasteiger partial charge in [-0.1, -0.05) is 17.7 Å². The molecule has 0 aliphatic heterocycles. The van der Waals surface area contributed by atoms with Crippen molar-refractivity contribution in [2.24, 2.45) is 0 Å². The summed E-state index contributed by atoms with van der Waals surface area (Å²) in [6.07, 6.45) is -0.541. The number of ether oxygens (including phenoxy) is 1. The van der Waals surface area contributed by atoms with Crippen LogP contribution in [-0.4, -0.2) is 49.3 Å². The van der Waals surface area contributed by atoms with Gasteiger partial charge in [-0.3, -0.25) is 4.79 Å². The van der Waals surface area contributed by atoms with Crippen LogP contribution in [0.15, 0.2) is 48.5 Å². The lowest BCUT2D eigenvalue weighted by Crippen LogP contribution is -2.30. The summed E-state index contributed by atoms with van der Waals surface area (Å²) in [5.74, 6) is 0.509. The monoisotopic (exact) mass is 328 g/mol. The fraction of sp³-hybridized carbons (Fsp3) is 0.316. The Morgan fingerprint density at radius 3 is 2.54 bits per heavy atom. The highest BCUT2D eigenvalue weighted by Gasteiger charge is 2.08. The van der Waals surface area contributed by atoms with Crippen molar-refractivity contribution in [3.8, 4) is 5.75 Å². The number of benzene rings is 2. The van der Waals surface area contributed by atoms with E-state index in [4.69, 9.17) is 4.74 Å². The molecule has 0 aliphatic carbocycles. The van der Waals surface area contributed by atoms with Crippen molar-refractivity contribution in [3.05, 3.63) is 59.7 Å². The molecular weight excluding hydrogens is 304 g/mol. The Balaban J connectivity index is 1.89. The maximum Gasteiger partial charge on any atom is 0.255 e. The van der Waals surface area contributed by atoms with Crippen LogP contribution in [-0.2, 0) is 0 Å². The van der Waals surface area contributed by atoms with E-state index in [0.717, 1.165) is 5.56 Å². The van der Waals surface area contributed by atoms with E-state index >= 15 is 0 Å². The molecule has 5 heteroatoms. The fourth-order valence-corrected chi connectivity index (χ4v) is 2.29. The van der Waals surface area contributed by atoms with Crippen molar-refractivity contribution in [1.82, 2.24) is 4.90 Å². The second-order valence-corrected chi connectivity index (χ2v) is 6.08. The van der Waals surface area contributed by atoms with Crippen molar-refractivity contribution in [2.75, 3.05) is 32.6 Å². The summed E-state index contributed by atoms with van der Waals surface area (Å²) >= 11 is 0. The predicted octanol–water partition coefficient (Wildman–Crippen LogP) is 2.55. The summed E-state index contributed by atoms with van der Waals surface area (Å²) in [4.78, 5) is 14.1. The van der Waals surface area contributed by atoms with Crippen molar-refractivity contribution in [2.45, 2.75) is 13.0 Å². The zero-order valence-corrected chi connectivity index (χ0v) is 14.3. The number of hydrogen-bond acceptors (Lipinski definition) is 4. The highest BCUT2D eigenvalue weighted by atomic mass is 16.5. The summed E-state index contributed by atoms with van der Waals surface area (Å²) < 4.78 is 5.54. The van der Waals surface area contributed by atoms with E-state index in [0.29, 0.717) is 23.5 Å². The first-order valence-corrected chi connectivity index (χ1v) is 7.88. The van der Waals surface area contributed by atoms with Crippen LogP contribution < -0.4 is 10.1 Å². The normalized spacial score (nSPS) is 12.0. The third-order valence-corrected chi connectivity index (χ3v) is 3.41. The molecule has 1 atom stereocenters. The predicted molar refractivity (Wildman–Crippen MR) is 95.6 cm³/mol. The molecule has 0 spiro atoms. The third-order valence-electron chi connectivity index (χ3n) is 3.41. The number of amides is 1. The Hall–Kier alpha value is -2.37. The zero-order chi connectivity index (χ0) is 17.5. The minimum Gasteiger partial charge on any atom is -0.491 e. The topological polar surface area (TPSA) is 61.8 Å². The average Bonchev–Trinajstić information content (AvgIpc) is 2.53. The standard InChI is InChI=1S/C19H24N2O3/c1-14-5-4-6-15(11-14)19(23)20-16-7-9-18(10-8-16)24-13-17(22)12-21(2)3/h4-11,17,22H,12-13H2,1-3H3,(H,20,23). The van der Waals surface area contributed by atoms with Gasteiger partial charge < -0.3 is 20.1 Å². The van der Waals surface area contributed by atoms with Gasteiger partial charge >= 0.3 is 0 Å². The first-order valence-electron chi connectivity index (χ1n) is 7.88. The molecule has 0 heterocycles. The maximum atomic E-state index is 12.2. The van der Waals surface area contributed by atoms with Crippen molar-refractivity contribution >= 4 is 11.6 Å². The van der Waals surface area contributed by atoms with Gasteiger partial charge in [0.05, 0.1) is 0 Å². The molecule has 0 bridgehead atoms. The molecule has 0 saturated carbocycles. The number of anilines is 1. The van der Waals surface area contributed by atoms with E-state index in [-0.39, 0.29) is 12.5 Å². The molecule has 2 rings (SSSR count). The van der Waals surface area contributed by atoms with E-state index in [1.807, 2.05) is 44.1 Å². The van der Waals surface area contributed by atoms with Gasteiger partial charge in [0.2, 0.25) is 0 Å². The maximum absolute atomic E-state index is 12.2. The first-order chi connectivity index (χ1) is 11.4. The molecule has 0 aromatic heterocycles. The van der Waals surface area contributed by atoms with Crippen molar-refractivity contribution < 1.29 is 14.6 Å². The molecular formula is C19H24N2O3. The van der Waals surface area contributed by atoms with Crippen molar-refractivity contribution in [3.63, 3.8) is 0 Å². The third kappa shape index (κ3) is 5.68. The molecule has 0 aliphatic rings. The van der Waals surface area contributed by atoms with Gasteiger partial charge in [-0.05, 0) is 57.4 Å². The lowest BCUT2D eigenvalue weighted by atomic mass is 10.1. The van der Waals surface area contributed by atoms with Crippen LogP contribution in [0.25, 0.3) is 0 Å². The Morgan fingerprint density at radius 1 is 1.21 bits per heavy atom. The number of hydrogen-bond donors (Lipinski definition) is 2. The fourth-order valence-electron chi connectivity index (χ4n) is 2.29. The van der Waals surface area contributed by atoms with E-state index in [1.165, 1.54) is 0 Å².